The molecule has 11 heteroatoms. The van der Waals surface area contributed by atoms with E-state index in [1.807, 2.05) is 29.7 Å². The van der Waals surface area contributed by atoms with Crippen LogP contribution in [0, 0.1) is 5.92 Å². The van der Waals surface area contributed by atoms with E-state index in [2.05, 4.69) is 43.1 Å². The van der Waals surface area contributed by atoms with Crippen LogP contribution in [-0.4, -0.2) is 55.4 Å². The van der Waals surface area contributed by atoms with Crippen LogP contribution in [0.4, 0.5) is 11.6 Å². The number of anilines is 2. The third-order valence-corrected chi connectivity index (χ3v) is 7.36. The number of fused-ring (bicyclic) bond motifs is 3. The molecule has 1 aromatic carbocycles. The van der Waals surface area contributed by atoms with Gasteiger partial charge in [0.25, 0.3) is 0 Å². The molecule has 1 fully saturated rings. The van der Waals surface area contributed by atoms with Crippen LogP contribution in [-0.2, 0) is 16.1 Å². The van der Waals surface area contributed by atoms with Gasteiger partial charge in [-0.1, -0.05) is 13.0 Å². The fourth-order valence-corrected chi connectivity index (χ4v) is 5.30. The van der Waals surface area contributed by atoms with E-state index in [-0.39, 0.29) is 30.3 Å². The zero-order chi connectivity index (χ0) is 25.6. The molecule has 2 amide bonds. The number of rotatable bonds is 5. The maximum absolute atomic E-state index is 13.8. The summed E-state index contributed by atoms with van der Waals surface area (Å²) in [6.07, 6.45) is 1.94. The lowest BCUT2D eigenvalue weighted by atomic mass is 10.0. The van der Waals surface area contributed by atoms with E-state index >= 15 is 0 Å². The number of likely N-dealkylation sites (tertiary alicyclic amines) is 1. The van der Waals surface area contributed by atoms with Gasteiger partial charge in [0.2, 0.25) is 11.8 Å². The first-order valence-electron chi connectivity index (χ1n) is 11.6. The van der Waals surface area contributed by atoms with Gasteiger partial charge >= 0.3 is 0 Å². The van der Waals surface area contributed by atoms with Crippen molar-refractivity contribution < 1.29 is 14.3 Å². The Kier molecular flexibility index (Phi) is 6.25. The van der Waals surface area contributed by atoms with Crippen LogP contribution in [0.1, 0.15) is 20.3 Å². The Hall–Kier alpha value is -3.73. The van der Waals surface area contributed by atoms with Crippen molar-refractivity contribution in [1.82, 2.24) is 24.4 Å². The van der Waals surface area contributed by atoms with Gasteiger partial charge in [-0.05, 0) is 59.5 Å². The Morgan fingerprint density at radius 3 is 2.78 bits per heavy atom. The first-order valence-corrected chi connectivity index (χ1v) is 12.4. The second kappa shape index (κ2) is 9.38. The molecule has 5 rings (SSSR count). The number of pyridine rings is 1. The summed E-state index contributed by atoms with van der Waals surface area (Å²) in [6.45, 7) is 4.01. The fourth-order valence-electron chi connectivity index (χ4n) is 4.96. The molecule has 0 saturated carbocycles. The number of hydrogen-bond acceptors (Lipinski definition) is 7. The van der Waals surface area contributed by atoms with E-state index in [4.69, 9.17) is 10.5 Å². The van der Waals surface area contributed by atoms with E-state index in [1.165, 1.54) is 6.33 Å². The highest BCUT2D eigenvalue weighted by Gasteiger charge is 2.43. The second-order valence-corrected chi connectivity index (χ2v) is 9.84. The number of nitrogens with two attached hydrogens (primary N) is 1. The van der Waals surface area contributed by atoms with E-state index in [9.17, 15) is 9.59 Å². The molecule has 4 aromatic rings. The molecular weight excluding hydrogens is 526 g/mol. The van der Waals surface area contributed by atoms with Gasteiger partial charge < -0.3 is 25.3 Å². The molecule has 10 nitrogen and oxygen atoms in total. The Morgan fingerprint density at radius 2 is 2.03 bits per heavy atom. The molecule has 0 radical (unpaired) electrons. The highest BCUT2D eigenvalue weighted by Crippen LogP contribution is 2.35. The van der Waals surface area contributed by atoms with Crippen LogP contribution >= 0.6 is 15.9 Å². The summed E-state index contributed by atoms with van der Waals surface area (Å²) in [6, 6.07) is 10.1. The van der Waals surface area contributed by atoms with Gasteiger partial charge in [0, 0.05) is 17.5 Å². The van der Waals surface area contributed by atoms with Crippen molar-refractivity contribution in [3.8, 4) is 5.75 Å². The lowest BCUT2D eigenvalue weighted by Gasteiger charge is -2.29. The highest BCUT2D eigenvalue weighted by atomic mass is 79.9. The molecule has 0 spiro atoms. The van der Waals surface area contributed by atoms with Crippen LogP contribution in [0.15, 0.2) is 47.3 Å². The number of methoxy groups -OCH3 is 1. The summed E-state index contributed by atoms with van der Waals surface area (Å²) in [5.41, 5.74) is 7.50. The average molecular weight is 552 g/mol. The number of halogens is 1. The molecule has 36 heavy (non-hydrogen) atoms. The molecule has 4 heterocycles. The zero-order valence-electron chi connectivity index (χ0n) is 20.1. The van der Waals surface area contributed by atoms with Gasteiger partial charge in [-0.15, -0.1) is 0 Å². The predicted octanol–water partition coefficient (Wildman–Crippen LogP) is 3.60. The van der Waals surface area contributed by atoms with Crippen molar-refractivity contribution in [2.24, 2.45) is 5.92 Å². The smallest absolute Gasteiger partial charge is 0.248 e. The molecule has 3 aromatic heterocycles. The summed E-state index contributed by atoms with van der Waals surface area (Å²) < 4.78 is 7.84. The number of carbonyl (C=O) groups excluding carboxylic acids is 2. The van der Waals surface area contributed by atoms with E-state index in [1.54, 1.807) is 30.2 Å². The zero-order valence-corrected chi connectivity index (χ0v) is 21.7. The average Bonchev–Trinajstić information content (AvgIpc) is 3.33. The number of nitrogen functional groups attached to an aromatic ring is 1. The SMILES string of the molecule is COc1ccc2c3c(N)ncnc3n(CC(=O)N3[C@H](C)[C@H](C)C[C@H]3C(=O)Nc3cccc(Br)n3)c2c1. The van der Waals surface area contributed by atoms with Crippen LogP contribution < -0.4 is 15.8 Å². The van der Waals surface area contributed by atoms with Crippen LogP contribution in [0.5, 0.6) is 5.75 Å². The van der Waals surface area contributed by atoms with E-state index < -0.39 is 6.04 Å². The van der Waals surface area contributed by atoms with Gasteiger partial charge in [0.05, 0.1) is 18.0 Å². The number of hydrogen-bond donors (Lipinski definition) is 2. The molecule has 186 valence electrons. The summed E-state index contributed by atoms with van der Waals surface area (Å²) in [5, 5.41) is 4.37. The standard InChI is InChI=1S/C25H26BrN7O3/c1-13-9-18(25(35)31-20-6-4-5-19(26)30-20)33(14(13)2)21(34)11-32-17-10-15(36-3)7-8-16(17)22-23(27)28-12-29-24(22)32/h4-8,10,12-14,18H,9,11H2,1-3H3,(H2,27,28,29)(H,30,31,35)/t13-,14-,18+/m1/s1. The quantitative estimate of drug-likeness (QED) is 0.362. The highest BCUT2D eigenvalue weighted by molar-refractivity contribution is 9.10. The van der Waals surface area contributed by atoms with Gasteiger partial charge in [-0.3, -0.25) is 9.59 Å². The van der Waals surface area contributed by atoms with Crippen LogP contribution in [0.2, 0.25) is 0 Å². The Bertz CT molecular complexity index is 1490. The molecule has 1 saturated heterocycles. The Labute approximate surface area is 216 Å². The van der Waals surface area contributed by atoms with Crippen molar-refractivity contribution in [2.45, 2.75) is 38.9 Å². The first-order chi connectivity index (χ1) is 17.3. The van der Waals surface area contributed by atoms with E-state index in [0.29, 0.717) is 39.4 Å². The number of carbonyl (C=O) groups is 2. The molecule has 0 bridgehead atoms. The van der Waals surface area contributed by atoms with Gasteiger partial charge in [-0.25, -0.2) is 15.0 Å². The third kappa shape index (κ3) is 4.13. The first kappa shape index (κ1) is 24.0. The minimum atomic E-state index is -0.620. The van der Waals surface area contributed by atoms with Crippen molar-refractivity contribution in [3.05, 3.63) is 47.3 Å². The maximum atomic E-state index is 13.8. The van der Waals surface area contributed by atoms with E-state index in [0.717, 1.165) is 10.9 Å². The van der Waals surface area contributed by atoms with Gasteiger partial charge in [0.15, 0.2) is 0 Å². The van der Waals surface area contributed by atoms with Gasteiger partial charge in [0.1, 0.15) is 46.5 Å². The Balaban J connectivity index is 1.50. The lowest BCUT2D eigenvalue weighted by Crippen LogP contribution is -2.47. The summed E-state index contributed by atoms with van der Waals surface area (Å²) in [5.74, 6) is 1.11. The summed E-state index contributed by atoms with van der Waals surface area (Å²) in [4.78, 5) is 41.6. The fraction of sp³-hybridized carbons (Fsp3) is 0.320. The van der Waals surface area contributed by atoms with Crippen molar-refractivity contribution in [1.29, 1.82) is 0 Å². The molecular formula is C25H26BrN7O3. The van der Waals surface area contributed by atoms with Crippen LogP contribution in [0.3, 0.4) is 0 Å². The number of nitrogens with zero attached hydrogens (tertiary/aromatic N) is 5. The second-order valence-electron chi connectivity index (χ2n) is 9.03. The molecule has 1 aliphatic rings. The van der Waals surface area contributed by atoms with Crippen molar-refractivity contribution in [2.75, 3.05) is 18.2 Å². The number of amides is 2. The predicted molar refractivity (Wildman–Crippen MR) is 140 cm³/mol. The summed E-state index contributed by atoms with van der Waals surface area (Å²) in [7, 11) is 1.59. The molecule has 0 unspecified atom stereocenters. The monoisotopic (exact) mass is 551 g/mol. The number of benzene rings is 1. The maximum Gasteiger partial charge on any atom is 0.248 e. The third-order valence-electron chi connectivity index (χ3n) is 6.92. The molecule has 0 aliphatic carbocycles. The largest absolute Gasteiger partial charge is 0.497 e. The summed E-state index contributed by atoms with van der Waals surface area (Å²) >= 11 is 3.32. The Morgan fingerprint density at radius 1 is 1.22 bits per heavy atom. The lowest BCUT2D eigenvalue weighted by molar-refractivity contribution is -0.139. The van der Waals surface area contributed by atoms with Gasteiger partial charge in [-0.2, -0.15) is 0 Å². The molecule has 1 aliphatic heterocycles. The van der Waals surface area contributed by atoms with Crippen LogP contribution in [0.25, 0.3) is 21.9 Å². The number of aromatic nitrogens is 4. The topological polar surface area (TPSA) is 128 Å². The number of nitrogens with one attached hydrogen (secondary N) is 1. The van der Waals surface area contributed by atoms with Crippen molar-refractivity contribution >= 4 is 61.3 Å². The molecule has 3 atom stereocenters. The van der Waals surface area contributed by atoms with Crippen molar-refractivity contribution in [3.63, 3.8) is 0 Å². The minimum Gasteiger partial charge on any atom is -0.497 e. The minimum absolute atomic E-state index is 0.0143. The normalized spacial score (nSPS) is 19.7. The number of ether oxygens (including phenoxy) is 1. The molecule has 3 N–H and O–H groups in total.